The van der Waals surface area contributed by atoms with E-state index < -0.39 is 18.4 Å². The topological polar surface area (TPSA) is 63.6 Å². The first-order valence-electron chi connectivity index (χ1n) is 6.48. The van der Waals surface area contributed by atoms with Gasteiger partial charge in [0.1, 0.15) is 11.6 Å². The largest absolute Gasteiger partial charge is 0.482 e. The summed E-state index contributed by atoms with van der Waals surface area (Å²) < 4.78 is 18.4. The molecule has 2 rings (SSSR count). The van der Waals surface area contributed by atoms with Crippen LogP contribution in [0.15, 0.2) is 54.6 Å². The predicted octanol–water partition coefficient (Wildman–Crippen LogP) is 3.19. The molecule has 0 aliphatic rings. The number of halogens is 1. The molecule has 0 aromatic heterocycles. The molecule has 2 aromatic carbocycles. The summed E-state index contributed by atoms with van der Waals surface area (Å²) in [5.41, 5.74) is 0.729. The summed E-state index contributed by atoms with van der Waals surface area (Å²) >= 11 is 0. The Morgan fingerprint density at radius 2 is 1.77 bits per heavy atom. The minimum atomic E-state index is -1.08. The van der Waals surface area contributed by atoms with Crippen molar-refractivity contribution >= 4 is 17.8 Å². The lowest BCUT2D eigenvalue weighted by Gasteiger charge is -2.03. The lowest BCUT2D eigenvalue weighted by Crippen LogP contribution is -2.09. The van der Waals surface area contributed by atoms with Crippen molar-refractivity contribution in [3.63, 3.8) is 0 Å². The van der Waals surface area contributed by atoms with Gasteiger partial charge in [-0.2, -0.15) is 0 Å². The Labute approximate surface area is 126 Å². The fourth-order valence-corrected chi connectivity index (χ4v) is 1.73. The number of hydrogen-bond acceptors (Lipinski definition) is 3. The highest BCUT2D eigenvalue weighted by molar-refractivity contribution is 6.06. The highest BCUT2D eigenvalue weighted by atomic mass is 19.1. The third-order valence-corrected chi connectivity index (χ3v) is 2.82. The molecule has 0 saturated carbocycles. The summed E-state index contributed by atoms with van der Waals surface area (Å²) in [7, 11) is 0. The summed E-state index contributed by atoms with van der Waals surface area (Å²) in [6.45, 7) is -0.444. The van der Waals surface area contributed by atoms with Crippen LogP contribution in [0, 0.1) is 5.82 Å². The van der Waals surface area contributed by atoms with Crippen molar-refractivity contribution in [1.29, 1.82) is 0 Å². The first kappa shape index (κ1) is 15.4. The van der Waals surface area contributed by atoms with Gasteiger partial charge in [-0.05, 0) is 42.5 Å². The third kappa shape index (κ3) is 4.28. The molecule has 0 spiro atoms. The molecule has 0 atom stereocenters. The number of ketones is 1. The molecule has 4 nitrogen and oxygen atoms in total. The number of carbonyl (C=O) groups excluding carboxylic acids is 1. The van der Waals surface area contributed by atoms with Crippen LogP contribution >= 0.6 is 0 Å². The molecule has 0 heterocycles. The predicted molar refractivity (Wildman–Crippen MR) is 79.3 cm³/mol. The Bertz CT molecular complexity index is 705. The van der Waals surface area contributed by atoms with Crippen LogP contribution in [0.1, 0.15) is 15.9 Å². The van der Waals surface area contributed by atoms with E-state index in [4.69, 9.17) is 9.84 Å². The van der Waals surface area contributed by atoms with E-state index in [1.54, 1.807) is 18.2 Å². The first-order chi connectivity index (χ1) is 10.6. The molecule has 1 N–H and O–H groups in total. The molecule has 0 radical (unpaired) electrons. The van der Waals surface area contributed by atoms with E-state index in [0.29, 0.717) is 16.9 Å². The number of allylic oxidation sites excluding steroid dienone is 1. The second-order valence-electron chi connectivity index (χ2n) is 4.43. The molecule has 0 saturated heterocycles. The van der Waals surface area contributed by atoms with Crippen LogP contribution in [0.3, 0.4) is 0 Å². The summed E-state index contributed by atoms with van der Waals surface area (Å²) in [6.07, 6.45) is 2.69. The summed E-state index contributed by atoms with van der Waals surface area (Å²) in [5, 5.41) is 8.50. The zero-order valence-corrected chi connectivity index (χ0v) is 11.5. The molecule has 0 aliphatic carbocycles. The second kappa shape index (κ2) is 7.17. The van der Waals surface area contributed by atoms with Crippen LogP contribution in [0.25, 0.3) is 6.08 Å². The van der Waals surface area contributed by atoms with Crippen molar-refractivity contribution in [3.05, 3.63) is 71.6 Å². The monoisotopic (exact) mass is 300 g/mol. The smallest absolute Gasteiger partial charge is 0.341 e. The van der Waals surface area contributed by atoms with Crippen molar-refractivity contribution in [2.75, 3.05) is 6.61 Å². The number of rotatable bonds is 6. The SMILES string of the molecule is O=C(O)COc1ccc(C(=O)/C=C/c2ccccc2F)cc1. The highest BCUT2D eigenvalue weighted by Crippen LogP contribution is 2.14. The number of ether oxygens (including phenoxy) is 1. The third-order valence-electron chi connectivity index (χ3n) is 2.82. The lowest BCUT2D eigenvalue weighted by molar-refractivity contribution is -0.139. The standard InChI is InChI=1S/C17H13FO4/c18-15-4-2-1-3-12(15)7-10-16(19)13-5-8-14(9-6-13)22-11-17(20)21/h1-10H,11H2,(H,20,21)/b10-7+. The number of benzene rings is 2. The maximum absolute atomic E-state index is 13.4. The van der Waals surface area contributed by atoms with Crippen LogP contribution in [-0.4, -0.2) is 23.5 Å². The Hall–Kier alpha value is -2.95. The van der Waals surface area contributed by atoms with Gasteiger partial charge < -0.3 is 9.84 Å². The van der Waals surface area contributed by atoms with Crippen molar-refractivity contribution in [2.24, 2.45) is 0 Å². The maximum atomic E-state index is 13.4. The van der Waals surface area contributed by atoms with Gasteiger partial charge in [-0.25, -0.2) is 9.18 Å². The van der Waals surface area contributed by atoms with E-state index in [1.165, 1.54) is 42.5 Å². The minimum Gasteiger partial charge on any atom is -0.482 e. The van der Waals surface area contributed by atoms with E-state index >= 15 is 0 Å². The quantitative estimate of drug-likeness (QED) is 0.657. The summed E-state index contributed by atoms with van der Waals surface area (Å²) in [4.78, 5) is 22.3. The molecule has 0 unspecified atom stereocenters. The van der Waals surface area contributed by atoms with Gasteiger partial charge in [0.25, 0.3) is 0 Å². The Balaban J connectivity index is 2.04. The zero-order valence-electron chi connectivity index (χ0n) is 11.5. The lowest BCUT2D eigenvalue weighted by atomic mass is 10.1. The van der Waals surface area contributed by atoms with E-state index in [0.717, 1.165) is 0 Å². The van der Waals surface area contributed by atoms with Gasteiger partial charge in [-0.15, -0.1) is 0 Å². The van der Waals surface area contributed by atoms with Crippen LogP contribution in [0.4, 0.5) is 4.39 Å². The molecule has 112 valence electrons. The molecule has 0 fully saturated rings. The van der Waals surface area contributed by atoms with Gasteiger partial charge in [-0.1, -0.05) is 18.2 Å². The van der Waals surface area contributed by atoms with E-state index in [9.17, 15) is 14.0 Å². The molecule has 0 amide bonds. The number of carboxylic acids is 1. The van der Waals surface area contributed by atoms with Crippen molar-refractivity contribution in [2.45, 2.75) is 0 Å². The normalized spacial score (nSPS) is 10.6. The molecule has 22 heavy (non-hydrogen) atoms. The second-order valence-corrected chi connectivity index (χ2v) is 4.43. The number of hydrogen-bond donors (Lipinski definition) is 1. The highest BCUT2D eigenvalue weighted by Gasteiger charge is 2.04. The van der Waals surface area contributed by atoms with Gasteiger partial charge in [0, 0.05) is 11.1 Å². The molecular weight excluding hydrogens is 287 g/mol. The van der Waals surface area contributed by atoms with Crippen LogP contribution in [-0.2, 0) is 4.79 Å². The molecule has 0 bridgehead atoms. The van der Waals surface area contributed by atoms with Crippen LogP contribution in [0.2, 0.25) is 0 Å². The van der Waals surface area contributed by atoms with Gasteiger partial charge >= 0.3 is 5.97 Å². The number of aliphatic carboxylic acids is 1. The maximum Gasteiger partial charge on any atom is 0.341 e. The van der Waals surface area contributed by atoms with Gasteiger partial charge in [0.15, 0.2) is 12.4 Å². The first-order valence-corrected chi connectivity index (χ1v) is 6.48. The minimum absolute atomic E-state index is 0.284. The van der Waals surface area contributed by atoms with Gasteiger partial charge in [0.2, 0.25) is 0 Å². The van der Waals surface area contributed by atoms with Crippen molar-refractivity contribution < 1.29 is 23.8 Å². The van der Waals surface area contributed by atoms with E-state index in [1.807, 2.05) is 0 Å². The number of carboxylic acid groups (broad SMARTS) is 1. The van der Waals surface area contributed by atoms with Gasteiger partial charge in [0.05, 0.1) is 0 Å². The molecule has 5 heteroatoms. The summed E-state index contributed by atoms with van der Waals surface area (Å²) in [6, 6.07) is 12.2. The zero-order chi connectivity index (χ0) is 15.9. The molecule has 2 aromatic rings. The Morgan fingerprint density at radius 1 is 1.09 bits per heavy atom. The fourth-order valence-electron chi connectivity index (χ4n) is 1.73. The molecular formula is C17H13FO4. The Morgan fingerprint density at radius 3 is 2.41 bits per heavy atom. The van der Waals surface area contributed by atoms with E-state index in [-0.39, 0.29) is 5.78 Å². The van der Waals surface area contributed by atoms with Crippen molar-refractivity contribution in [3.8, 4) is 5.75 Å². The fraction of sp³-hybridized carbons (Fsp3) is 0.0588. The van der Waals surface area contributed by atoms with Gasteiger partial charge in [-0.3, -0.25) is 4.79 Å². The number of carbonyl (C=O) groups is 2. The average molecular weight is 300 g/mol. The van der Waals surface area contributed by atoms with E-state index in [2.05, 4.69) is 0 Å². The van der Waals surface area contributed by atoms with Crippen LogP contribution < -0.4 is 4.74 Å². The Kier molecular flexibility index (Phi) is 5.03. The summed E-state index contributed by atoms with van der Waals surface area (Å²) in [5.74, 6) is -1.40. The average Bonchev–Trinajstić information content (AvgIpc) is 2.52. The molecule has 0 aliphatic heterocycles. The van der Waals surface area contributed by atoms with Crippen LogP contribution in [0.5, 0.6) is 5.75 Å². The van der Waals surface area contributed by atoms with Crippen molar-refractivity contribution in [1.82, 2.24) is 0 Å².